The van der Waals surface area contributed by atoms with Gasteiger partial charge in [0.25, 0.3) is 0 Å². The van der Waals surface area contributed by atoms with Crippen molar-refractivity contribution in [2.45, 2.75) is 31.9 Å². The van der Waals surface area contributed by atoms with Crippen molar-refractivity contribution < 1.29 is 31.4 Å². The Morgan fingerprint density at radius 2 is 1.62 bits per heavy atom. The molecule has 9 heteroatoms. The van der Waals surface area contributed by atoms with Crippen LogP contribution < -0.4 is 9.84 Å². The average molecular weight is 324 g/mol. The molecule has 1 aromatic carbocycles. The van der Waals surface area contributed by atoms with Crippen LogP contribution in [0.1, 0.15) is 26.3 Å². The van der Waals surface area contributed by atoms with Gasteiger partial charge in [0.05, 0.1) is 0 Å². The van der Waals surface area contributed by atoms with Gasteiger partial charge in [-0.1, -0.05) is 12.1 Å². The van der Waals surface area contributed by atoms with Crippen LogP contribution >= 0.6 is 0 Å². The summed E-state index contributed by atoms with van der Waals surface area (Å²) in [5.74, 6) is -1.10. The third kappa shape index (κ3) is 4.92. The van der Waals surface area contributed by atoms with Gasteiger partial charge >= 0.3 is 15.5 Å². The summed E-state index contributed by atoms with van der Waals surface area (Å²) in [6.45, 7) is 5.37. The lowest BCUT2D eigenvalue weighted by atomic mass is 10.1. The fourth-order valence-electron chi connectivity index (χ4n) is 1.23. The highest BCUT2D eigenvalue weighted by molar-refractivity contribution is 7.91. The van der Waals surface area contributed by atoms with Crippen LogP contribution in [0.15, 0.2) is 28.7 Å². The SMILES string of the molecule is CC(C)(C)Oc1ccc(/C([O-])=N/S(=O)(=O)C(F)(F)F)cc1. The zero-order chi connectivity index (χ0) is 16.5. The third-order valence-electron chi connectivity index (χ3n) is 2.02. The predicted molar refractivity (Wildman–Crippen MR) is 68.3 cm³/mol. The summed E-state index contributed by atoms with van der Waals surface area (Å²) < 4.78 is 65.5. The Hall–Kier alpha value is -1.77. The summed E-state index contributed by atoms with van der Waals surface area (Å²) in [6, 6.07) is 4.96. The van der Waals surface area contributed by atoms with E-state index < -0.39 is 27.0 Å². The highest BCUT2D eigenvalue weighted by atomic mass is 32.2. The van der Waals surface area contributed by atoms with Crippen LogP contribution in [0.25, 0.3) is 0 Å². The molecule has 0 heterocycles. The van der Waals surface area contributed by atoms with Crippen molar-refractivity contribution in [2.75, 3.05) is 0 Å². The molecule has 0 saturated heterocycles. The molecule has 0 aromatic heterocycles. The Morgan fingerprint density at radius 1 is 1.14 bits per heavy atom. The molecule has 1 aromatic rings. The van der Waals surface area contributed by atoms with E-state index in [1.54, 1.807) is 20.8 Å². The molecule has 1 rings (SSSR count). The molecule has 0 amide bonds. The second-order valence-corrected chi connectivity index (χ2v) is 6.65. The average Bonchev–Trinajstić information content (AvgIpc) is 2.25. The molecule has 0 aliphatic rings. The van der Waals surface area contributed by atoms with Crippen molar-refractivity contribution in [3.63, 3.8) is 0 Å². The van der Waals surface area contributed by atoms with Gasteiger partial charge in [-0.2, -0.15) is 26.0 Å². The quantitative estimate of drug-likeness (QED) is 0.627. The van der Waals surface area contributed by atoms with Crippen molar-refractivity contribution in [3.05, 3.63) is 29.8 Å². The van der Waals surface area contributed by atoms with Crippen molar-refractivity contribution in [2.24, 2.45) is 4.40 Å². The largest absolute Gasteiger partial charge is 0.858 e. The molecule has 0 radical (unpaired) electrons. The molecular weight excluding hydrogens is 311 g/mol. The molecule has 118 valence electrons. The molecule has 0 aliphatic heterocycles. The Labute approximate surface area is 120 Å². The first-order valence-electron chi connectivity index (χ1n) is 5.69. The monoisotopic (exact) mass is 324 g/mol. The summed E-state index contributed by atoms with van der Waals surface area (Å²) in [5, 5.41) is 11.4. The molecule has 5 nitrogen and oxygen atoms in total. The number of rotatable bonds is 3. The third-order valence-corrected chi connectivity index (χ3v) is 3.01. The van der Waals surface area contributed by atoms with Crippen molar-refractivity contribution in [1.29, 1.82) is 0 Å². The van der Waals surface area contributed by atoms with Gasteiger partial charge in [-0.15, -0.1) is 0 Å². The second-order valence-electron chi connectivity index (χ2n) is 5.06. The zero-order valence-electron chi connectivity index (χ0n) is 11.4. The molecular formula is C12H13F3NO4S-. The van der Waals surface area contributed by atoms with Crippen LogP contribution in [0.2, 0.25) is 0 Å². The summed E-state index contributed by atoms with van der Waals surface area (Å²) in [5.41, 5.74) is -6.38. The van der Waals surface area contributed by atoms with Gasteiger partial charge < -0.3 is 9.84 Å². The normalized spacial score (nSPS) is 14.1. The van der Waals surface area contributed by atoms with Gasteiger partial charge in [0.15, 0.2) is 0 Å². The Bertz CT molecular complexity index is 628. The van der Waals surface area contributed by atoms with E-state index in [2.05, 4.69) is 4.40 Å². The summed E-state index contributed by atoms with van der Waals surface area (Å²) in [4.78, 5) is 0. The summed E-state index contributed by atoms with van der Waals surface area (Å²) in [6.07, 6.45) is 0. The zero-order valence-corrected chi connectivity index (χ0v) is 12.2. The highest BCUT2D eigenvalue weighted by Crippen LogP contribution is 2.25. The molecule has 0 saturated carbocycles. The van der Waals surface area contributed by atoms with Gasteiger partial charge in [-0.25, -0.2) is 0 Å². The van der Waals surface area contributed by atoms with Crippen molar-refractivity contribution in [1.82, 2.24) is 0 Å². The highest BCUT2D eigenvalue weighted by Gasteiger charge is 2.45. The molecule has 0 spiro atoms. The fraction of sp³-hybridized carbons (Fsp3) is 0.417. The molecule has 0 fully saturated rings. The van der Waals surface area contributed by atoms with E-state index in [-0.39, 0.29) is 5.56 Å². The van der Waals surface area contributed by atoms with Crippen LogP contribution in [0.3, 0.4) is 0 Å². The minimum absolute atomic E-state index is 0.288. The second kappa shape index (κ2) is 5.55. The van der Waals surface area contributed by atoms with E-state index in [1.165, 1.54) is 12.1 Å². The number of halogens is 3. The molecule has 0 atom stereocenters. The number of benzene rings is 1. The number of alkyl halides is 3. The lowest BCUT2D eigenvalue weighted by Crippen LogP contribution is -2.27. The first kappa shape index (κ1) is 17.3. The Balaban J connectivity index is 3.03. The first-order chi connectivity index (χ1) is 9.32. The fourth-order valence-corrected chi connectivity index (χ4v) is 1.66. The van der Waals surface area contributed by atoms with Gasteiger partial charge in [-0.05, 0) is 38.5 Å². The predicted octanol–water partition coefficient (Wildman–Crippen LogP) is 1.82. The minimum atomic E-state index is -5.84. The molecule has 0 aliphatic carbocycles. The maximum absolute atomic E-state index is 12.1. The van der Waals surface area contributed by atoms with Crippen molar-refractivity contribution in [3.8, 4) is 5.75 Å². The lowest BCUT2D eigenvalue weighted by molar-refractivity contribution is -0.212. The van der Waals surface area contributed by atoms with Gasteiger partial charge in [-0.3, -0.25) is 0 Å². The number of ether oxygens (including phenoxy) is 1. The summed E-state index contributed by atoms with van der Waals surface area (Å²) in [7, 11) is -5.84. The number of hydrogen-bond donors (Lipinski definition) is 0. The smallest absolute Gasteiger partial charge is 0.518 e. The van der Waals surface area contributed by atoms with Crippen LogP contribution in [0, 0.1) is 0 Å². The van der Waals surface area contributed by atoms with Crippen LogP contribution in [0.5, 0.6) is 5.75 Å². The molecule has 0 bridgehead atoms. The maximum atomic E-state index is 12.1. The van der Waals surface area contributed by atoms with E-state index in [4.69, 9.17) is 4.74 Å². The Morgan fingerprint density at radius 3 is 2.00 bits per heavy atom. The maximum Gasteiger partial charge on any atom is 0.518 e. The molecule has 21 heavy (non-hydrogen) atoms. The van der Waals surface area contributed by atoms with Gasteiger partial charge in [0.2, 0.25) is 0 Å². The molecule has 0 N–H and O–H groups in total. The molecule has 0 unspecified atom stereocenters. The minimum Gasteiger partial charge on any atom is -0.858 e. The van der Waals surface area contributed by atoms with E-state index in [9.17, 15) is 26.7 Å². The van der Waals surface area contributed by atoms with Crippen molar-refractivity contribution >= 4 is 15.9 Å². The van der Waals surface area contributed by atoms with E-state index in [1.807, 2.05) is 0 Å². The van der Waals surface area contributed by atoms with E-state index in [0.29, 0.717) is 5.75 Å². The van der Waals surface area contributed by atoms with E-state index >= 15 is 0 Å². The lowest BCUT2D eigenvalue weighted by Gasteiger charge is -2.21. The van der Waals surface area contributed by atoms with E-state index in [0.717, 1.165) is 12.1 Å². The topological polar surface area (TPSA) is 78.8 Å². The van der Waals surface area contributed by atoms with Crippen LogP contribution in [0.4, 0.5) is 13.2 Å². The summed E-state index contributed by atoms with van der Waals surface area (Å²) >= 11 is 0. The number of hydrogen-bond acceptors (Lipinski definition) is 4. The van der Waals surface area contributed by atoms with Gasteiger partial charge in [0.1, 0.15) is 11.4 Å². The first-order valence-corrected chi connectivity index (χ1v) is 7.13. The number of nitrogens with zero attached hydrogens (tertiary/aromatic N) is 1. The van der Waals surface area contributed by atoms with Crippen LogP contribution in [-0.4, -0.2) is 25.4 Å². The number of sulfonamides is 1. The standard InChI is InChI=1S/C12H14F3NO4S/c1-11(2,3)20-9-6-4-8(5-7-9)10(17)16-21(18,19)12(13,14)15/h4-7H,1-3H3,(H,16,17)/p-1. The van der Waals surface area contributed by atoms with Gasteiger partial charge in [0, 0.05) is 5.90 Å². The van der Waals surface area contributed by atoms with Crippen LogP contribution in [-0.2, 0) is 10.0 Å². The Kier molecular flexibility index (Phi) is 4.57.